The van der Waals surface area contributed by atoms with Gasteiger partial charge in [-0.05, 0) is 31.0 Å². The summed E-state index contributed by atoms with van der Waals surface area (Å²) in [7, 11) is 1.64. The van der Waals surface area contributed by atoms with Gasteiger partial charge in [-0.15, -0.1) is 0 Å². The molecule has 2 heterocycles. The molecule has 0 spiro atoms. The Labute approximate surface area is 111 Å². The van der Waals surface area contributed by atoms with Gasteiger partial charge in [0.2, 0.25) is 0 Å². The van der Waals surface area contributed by atoms with E-state index in [1.54, 1.807) is 7.11 Å². The molecule has 5 heteroatoms. The van der Waals surface area contributed by atoms with Gasteiger partial charge >= 0.3 is 0 Å². The summed E-state index contributed by atoms with van der Waals surface area (Å²) < 4.78 is 16.1. The molecule has 1 fully saturated rings. The smallest absolute Gasteiger partial charge is 0.261 e. The van der Waals surface area contributed by atoms with Crippen LogP contribution in [0.15, 0.2) is 22.7 Å². The summed E-state index contributed by atoms with van der Waals surface area (Å²) in [4.78, 5) is 4.46. The highest BCUT2D eigenvalue weighted by Gasteiger charge is 2.24. The summed E-state index contributed by atoms with van der Waals surface area (Å²) in [5.41, 5.74) is 1.95. The van der Waals surface area contributed by atoms with Gasteiger partial charge in [-0.3, -0.25) is 0 Å². The molecule has 3 rings (SSSR count). The van der Waals surface area contributed by atoms with Crippen molar-refractivity contribution in [3.8, 4) is 17.2 Å². The molecular formula is C14H16N2O3. The van der Waals surface area contributed by atoms with Crippen LogP contribution in [0.5, 0.6) is 5.75 Å². The molecule has 0 N–H and O–H groups in total. The minimum Gasteiger partial charge on any atom is -0.496 e. The van der Waals surface area contributed by atoms with Crippen LogP contribution in [-0.2, 0) is 4.74 Å². The second-order valence-electron chi connectivity index (χ2n) is 4.72. The zero-order chi connectivity index (χ0) is 13.2. The van der Waals surface area contributed by atoms with Crippen molar-refractivity contribution in [2.24, 2.45) is 0 Å². The van der Waals surface area contributed by atoms with E-state index in [4.69, 9.17) is 14.0 Å². The molecule has 5 nitrogen and oxygen atoms in total. The monoisotopic (exact) mass is 260 g/mol. The third kappa shape index (κ3) is 2.33. The van der Waals surface area contributed by atoms with Crippen LogP contribution < -0.4 is 4.74 Å². The first-order valence-corrected chi connectivity index (χ1v) is 6.34. The summed E-state index contributed by atoms with van der Waals surface area (Å²) in [5, 5.41) is 4.05. The van der Waals surface area contributed by atoms with Gasteiger partial charge in [0.15, 0.2) is 5.82 Å². The van der Waals surface area contributed by atoms with Crippen LogP contribution in [0.3, 0.4) is 0 Å². The summed E-state index contributed by atoms with van der Waals surface area (Å²) in [6.07, 6.45) is 0.948. The number of nitrogens with zero attached hydrogens (tertiary/aromatic N) is 2. The van der Waals surface area contributed by atoms with Gasteiger partial charge < -0.3 is 14.0 Å². The quantitative estimate of drug-likeness (QED) is 0.848. The summed E-state index contributed by atoms with van der Waals surface area (Å²) in [5.74, 6) is 2.21. The van der Waals surface area contributed by atoms with E-state index in [0.717, 1.165) is 35.7 Å². The Morgan fingerprint density at radius 2 is 2.26 bits per heavy atom. The van der Waals surface area contributed by atoms with Gasteiger partial charge in [-0.1, -0.05) is 11.2 Å². The van der Waals surface area contributed by atoms with Gasteiger partial charge in [0, 0.05) is 12.5 Å². The number of hydrogen-bond acceptors (Lipinski definition) is 5. The van der Waals surface area contributed by atoms with Gasteiger partial charge in [0.1, 0.15) is 5.75 Å². The Morgan fingerprint density at radius 3 is 3.00 bits per heavy atom. The van der Waals surface area contributed by atoms with E-state index in [1.165, 1.54) is 0 Å². The van der Waals surface area contributed by atoms with E-state index < -0.39 is 0 Å². The van der Waals surface area contributed by atoms with Crippen molar-refractivity contribution >= 4 is 0 Å². The SMILES string of the molecule is COc1cc(C)ccc1-c1nc(C2CCOC2)no1. The number of methoxy groups -OCH3 is 1. The number of hydrogen-bond donors (Lipinski definition) is 0. The molecule has 0 aliphatic carbocycles. The number of ether oxygens (including phenoxy) is 2. The van der Waals surface area contributed by atoms with Crippen LogP contribution in [0.1, 0.15) is 23.7 Å². The van der Waals surface area contributed by atoms with E-state index >= 15 is 0 Å². The van der Waals surface area contributed by atoms with Crippen molar-refractivity contribution in [1.82, 2.24) is 10.1 Å². The minimum atomic E-state index is 0.244. The predicted molar refractivity (Wildman–Crippen MR) is 69.2 cm³/mol. The second-order valence-corrected chi connectivity index (χ2v) is 4.72. The Bertz CT molecular complexity index is 574. The van der Waals surface area contributed by atoms with E-state index in [0.29, 0.717) is 12.5 Å². The maximum atomic E-state index is 5.36. The van der Waals surface area contributed by atoms with Crippen LogP contribution in [0.4, 0.5) is 0 Å². The fourth-order valence-electron chi connectivity index (χ4n) is 2.22. The molecule has 1 aromatic carbocycles. The molecule has 1 aliphatic heterocycles. The van der Waals surface area contributed by atoms with Crippen LogP contribution >= 0.6 is 0 Å². The zero-order valence-corrected chi connectivity index (χ0v) is 11.0. The lowest BCUT2D eigenvalue weighted by Gasteiger charge is -2.05. The highest BCUT2D eigenvalue weighted by atomic mass is 16.5. The molecule has 0 bridgehead atoms. The number of rotatable bonds is 3. The normalized spacial score (nSPS) is 18.7. The summed E-state index contributed by atoms with van der Waals surface area (Å²) >= 11 is 0. The third-order valence-corrected chi connectivity index (χ3v) is 3.32. The molecule has 19 heavy (non-hydrogen) atoms. The largest absolute Gasteiger partial charge is 0.496 e. The maximum Gasteiger partial charge on any atom is 0.261 e. The molecule has 0 radical (unpaired) electrons. The van der Waals surface area contributed by atoms with Crippen molar-refractivity contribution in [1.29, 1.82) is 0 Å². The van der Waals surface area contributed by atoms with E-state index in [2.05, 4.69) is 10.1 Å². The lowest BCUT2D eigenvalue weighted by atomic mass is 10.1. The van der Waals surface area contributed by atoms with Crippen molar-refractivity contribution in [2.75, 3.05) is 20.3 Å². The Balaban J connectivity index is 1.93. The molecule has 1 aliphatic rings. The molecule has 1 aromatic heterocycles. The van der Waals surface area contributed by atoms with Gasteiger partial charge in [0.05, 0.1) is 19.3 Å². The lowest BCUT2D eigenvalue weighted by molar-refractivity contribution is 0.192. The van der Waals surface area contributed by atoms with E-state index in [1.807, 2.05) is 25.1 Å². The first-order valence-electron chi connectivity index (χ1n) is 6.34. The molecule has 2 aromatic rings. The molecule has 100 valence electrons. The Morgan fingerprint density at radius 1 is 1.37 bits per heavy atom. The second kappa shape index (κ2) is 5.01. The average molecular weight is 260 g/mol. The zero-order valence-electron chi connectivity index (χ0n) is 11.0. The van der Waals surface area contributed by atoms with Crippen molar-refractivity contribution in [3.05, 3.63) is 29.6 Å². The van der Waals surface area contributed by atoms with E-state index in [9.17, 15) is 0 Å². The van der Waals surface area contributed by atoms with Gasteiger partial charge in [-0.25, -0.2) is 0 Å². The van der Waals surface area contributed by atoms with Crippen LogP contribution in [0.25, 0.3) is 11.5 Å². The van der Waals surface area contributed by atoms with Crippen molar-refractivity contribution in [2.45, 2.75) is 19.3 Å². The lowest BCUT2D eigenvalue weighted by Crippen LogP contribution is -1.99. The Kier molecular flexibility index (Phi) is 3.21. The summed E-state index contributed by atoms with van der Waals surface area (Å²) in [6, 6.07) is 5.90. The first-order chi connectivity index (χ1) is 9.28. The predicted octanol–water partition coefficient (Wildman–Crippen LogP) is 2.56. The van der Waals surface area contributed by atoms with Crippen LogP contribution in [0.2, 0.25) is 0 Å². The highest BCUT2D eigenvalue weighted by molar-refractivity contribution is 5.63. The van der Waals surface area contributed by atoms with E-state index in [-0.39, 0.29) is 5.92 Å². The maximum absolute atomic E-state index is 5.36. The fraction of sp³-hybridized carbons (Fsp3) is 0.429. The standard InChI is InChI=1S/C14H16N2O3/c1-9-3-4-11(12(7-9)17-2)14-15-13(16-19-14)10-5-6-18-8-10/h3-4,7,10H,5-6,8H2,1-2H3. The molecule has 0 amide bonds. The third-order valence-electron chi connectivity index (χ3n) is 3.32. The van der Waals surface area contributed by atoms with Gasteiger partial charge in [-0.2, -0.15) is 4.98 Å². The molecule has 0 saturated carbocycles. The number of aromatic nitrogens is 2. The number of aryl methyl sites for hydroxylation is 1. The van der Waals surface area contributed by atoms with Crippen molar-refractivity contribution < 1.29 is 14.0 Å². The molecule has 1 unspecified atom stereocenters. The topological polar surface area (TPSA) is 57.4 Å². The molecular weight excluding hydrogens is 244 g/mol. The number of benzene rings is 1. The molecule has 1 atom stereocenters. The summed E-state index contributed by atoms with van der Waals surface area (Å²) in [6.45, 7) is 3.45. The van der Waals surface area contributed by atoms with Crippen LogP contribution in [-0.4, -0.2) is 30.5 Å². The van der Waals surface area contributed by atoms with Crippen molar-refractivity contribution in [3.63, 3.8) is 0 Å². The fourth-order valence-corrected chi connectivity index (χ4v) is 2.22. The highest BCUT2D eigenvalue weighted by Crippen LogP contribution is 2.31. The van der Waals surface area contributed by atoms with Gasteiger partial charge in [0.25, 0.3) is 5.89 Å². The van der Waals surface area contributed by atoms with Crippen LogP contribution in [0, 0.1) is 6.92 Å². The Hall–Kier alpha value is -1.88. The average Bonchev–Trinajstić information content (AvgIpc) is 3.09. The first kappa shape index (κ1) is 12.2. The minimum absolute atomic E-state index is 0.244. The molecule has 1 saturated heterocycles.